The number of carboxylic acids is 1. The van der Waals surface area contributed by atoms with Crippen LogP contribution < -0.4 is 4.74 Å². The lowest BCUT2D eigenvalue weighted by atomic mass is 10.0. The number of nitrogens with zero attached hydrogens (tertiary/aromatic N) is 1. The minimum absolute atomic E-state index is 0.0873. The Bertz CT molecular complexity index is 559. The molecule has 0 fully saturated rings. The smallest absolute Gasteiger partial charge is 0.358 e. The molecule has 17 heavy (non-hydrogen) atoms. The van der Waals surface area contributed by atoms with E-state index in [4.69, 9.17) is 14.4 Å². The standard InChI is InChI=1S/C12H11NO4/c1-7-10(11(12(14)15)13-17-7)8-4-3-5-9(6-8)16-2/h3-6H,1-2H3,(H,14,15). The number of methoxy groups -OCH3 is 1. The molecule has 5 heteroatoms. The Labute approximate surface area is 97.6 Å². The monoisotopic (exact) mass is 233 g/mol. The molecule has 0 spiro atoms. The van der Waals surface area contributed by atoms with Crippen molar-refractivity contribution in [3.63, 3.8) is 0 Å². The SMILES string of the molecule is COc1cccc(-c2c(C(=O)O)noc2C)c1. The average Bonchev–Trinajstić information content (AvgIpc) is 2.71. The van der Waals surface area contributed by atoms with Gasteiger partial charge in [-0.15, -0.1) is 0 Å². The normalized spacial score (nSPS) is 10.2. The Morgan fingerprint density at radius 1 is 1.47 bits per heavy atom. The Kier molecular flexibility index (Phi) is 2.82. The van der Waals surface area contributed by atoms with Gasteiger partial charge in [0.25, 0.3) is 0 Å². The van der Waals surface area contributed by atoms with E-state index in [1.54, 1.807) is 38.3 Å². The summed E-state index contributed by atoms with van der Waals surface area (Å²) >= 11 is 0. The highest BCUT2D eigenvalue weighted by Crippen LogP contribution is 2.29. The van der Waals surface area contributed by atoms with Crippen molar-refractivity contribution in [2.45, 2.75) is 6.92 Å². The van der Waals surface area contributed by atoms with Gasteiger partial charge in [0.1, 0.15) is 11.5 Å². The fourth-order valence-electron chi connectivity index (χ4n) is 1.64. The highest BCUT2D eigenvalue weighted by atomic mass is 16.5. The van der Waals surface area contributed by atoms with E-state index < -0.39 is 5.97 Å². The number of carboxylic acid groups (broad SMARTS) is 1. The first-order valence-corrected chi connectivity index (χ1v) is 4.97. The van der Waals surface area contributed by atoms with Gasteiger partial charge in [0, 0.05) is 0 Å². The van der Waals surface area contributed by atoms with E-state index in [2.05, 4.69) is 5.16 Å². The van der Waals surface area contributed by atoms with E-state index in [0.29, 0.717) is 22.6 Å². The van der Waals surface area contributed by atoms with Crippen LogP contribution in [0.15, 0.2) is 28.8 Å². The fourth-order valence-corrected chi connectivity index (χ4v) is 1.64. The summed E-state index contributed by atoms with van der Waals surface area (Å²) in [6, 6.07) is 7.10. The second-order valence-electron chi connectivity index (χ2n) is 3.50. The molecule has 0 aliphatic rings. The lowest BCUT2D eigenvalue weighted by Crippen LogP contribution is -1.99. The molecule has 1 aromatic carbocycles. The molecule has 0 atom stereocenters. The molecule has 1 N–H and O–H groups in total. The average molecular weight is 233 g/mol. The van der Waals surface area contributed by atoms with Crippen molar-refractivity contribution in [2.24, 2.45) is 0 Å². The summed E-state index contributed by atoms with van der Waals surface area (Å²) in [6.45, 7) is 1.67. The number of aromatic carboxylic acids is 1. The summed E-state index contributed by atoms with van der Waals surface area (Å²) in [5.41, 5.74) is 1.10. The summed E-state index contributed by atoms with van der Waals surface area (Å²) in [4.78, 5) is 11.0. The molecule has 5 nitrogen and oxygen atoms in total. The van der Waals surface area contributed by atoms with Crippen LogP contribution in [0.3, 0.4) is 0 Å². The molecule has 88 valence electrons. The van der Waals surface area contributed by atoms with Crippen molar-refractivity contribution in [1.29, 1.82) is 0 Å². The number of hydrogen-bond acceptors (Lipinski definition) is 4. The Balaban J connectivity index is 2.59. The van der Waals surface area contributed by atoms with Crippen LogP contribution >= 0.6 is 0 Å². The van der Waals surface area contributed by atoms with Gasteiger partial charge in [-0.2, -0.15) is 0 Å². The molecular formula is C12H11NO4. The van der Waals surface area contributed by atoms with Gasteiger partial charge >= 0.3 is 5.97 Å². The second kappa shape index (κ2) is 4.29. The van der Waals surface area contributed by atoms with Crippen molar-refractivity contribution in [3.05, 3.63) is 35.7 Å². The Hall–Kier alpha value is -2.30. The molecule has 0 saturated carbocycles. The largest absolute Gasteiger partial charge is 0.497 e. The van der Waals surface area contributed by atoms with Crippen LogP contribution in [0.25, 0.3) is 11.1 Å². The molecule has 0 aliphatic heterocycles. The third-order valence-corrected chi connectivity index (χ3v) is 2.42. The molecule has 0 radical (unpaired) electrons. The van der Waals surface area contributed by atoms with Gasteiger partial charge in [0.2, 0.25) is 0 Å². The fraction of sp³-hybridized carbons (Fsp3) is 0.167. The first kappa shape index (κ1) is 11.2. The molecule has 0 amide bonds. The molecule has 2 rings (SSSR count). The summed E-state index contributed by atoms with van der Waals surface area (Å²) in [5.74, 6) is 0.00904. The zero-order chi connectivity index (χ0) is 12.4. The highest BCUT2D eigenvalue weighted by Gasteiger charge is 2.20. The molecule has 1 heterocycles. The van der Waals surface area contributed by atoms with Gasteiger partial charge in [-0.1, -0.05) is 17.3 Å². The molecule has 0 bridgehead atoms. The number of aromatic nitrogens is 1. The summed E-state index contributed by atoms with van der Waals surface area (Å²) in [6.07, 6.45) is 0. The molecule has 0 aliphatic carbocycles. The van der Waals surface area contributed by atoms with Crippen LogP contribution in [0.4, 0.5) is 0 Å². The van der Waals surface area contributed by atoms with Gasteiger partial charge in [-0.05, 0) is 24.6 Å². The topological polar surface area (TPSA) is 72.6 Å². The van der Waals surface area contributed by atoms with Crippen LogP contribution in [0, 0.1) is 6.92 Å². The van der Waals surface area contributed by atoms with Gasteiger partial charge in [-0.25, -0.2) is 4.79 Å². The van der Waals surface area contributed by atoms with Crippen molar-refractivity contribution >= 4 is 5.97 Å². The maximum atomic E-state index is 11.0. The lowest BCUT2D eigenvalue weighted by Gasteiger charge is -2.03. The number of ether oxygens (including phenoxy) is 1. The molecule has 0 saturated heterocycles. The maximum Gasteiger partial charge on any atom is 0.358 e. The van der Waals surface area contributed by atoms with E-state index >= 15 is 0 Å². The zero-order valence-corrected chi connectivity index (χ0v) is 9.43. The highest BCUT2D eigenvalue weighted by molar-refractivity contribution is 5.94. The Morgan fingerprint density at radius 2 is 2.24 bits per heavy atom. The minimum Gasteiger partial charge on any atom is -0.497 e. The van der Waals surface area contributed by atoms with Gasteiger partial charge < -0.3 is 14.4 Å². The van der Waals surface area contributed by atoms with Crippen molar-refractivity contribution in [2.75, 3.05) is 7.11 Å². The van der Waals surface area contributed by atoms with Crippen LogP contribution in [-0.4, -0.2) is 23.3 Å². The Morgan fingerprint density at radius 3 is 2.88 bits per heavy atom. The lowest BCUT2D eigenvalue weighted by molar-refractivity contribution is 0.0686. The molecule has 2 aromatic rings. The van der Waals surface area contributed by atoms with E-state index in [0.717, 1.165) is 0 Å². The first-order chi connectivity index (χ1) is 8.13. The summed E-state index contributed by atoms with van der Waals surface area (Å²) in [7, 11) is 1.55. The van der Waals surface area contributed by atoms with Gasteiger partial charge in [0.05, 0.1) is 12.7 Å². The summed E-state index contributed by atoms with van der Waals surface area (Å²) in [5, 5.41) is 12.5. The molecule has 1 aromatic heterocycles. The summed E-state index contributed by atoms with van der Waals surface area (Å²) < 4.78 is 10.0. The predicted octanol–water partition coefficient (Wildman–Crippen LogP) is 2.36. The van der Waals surface area contributed by atoms with Crippen LogP contribution in [0.1, 0.15) is 16.2 Å². The maximum absolute atomic E-state index is 11.0. The van der Waals surface area contributed by atoms with Gasteiger partial charge in [-0.3, -0.25) is 0 Å². The predicted molar refractivity (Wildman–Crippen MR) is 60.2 cm³/mol. The van der Waals surface area contributed by atoms with Crippen molar-refractivity contribution < 1.29 is 19.2 Å². The minimum atomic E-state index is -1.11. The third-order valence-electron chi connectivity index (χ3n) is 2.42. The van der Waals surface area contributed by atoms with Crippen LogP contribution in [0.2, 0.25) is 0 Å². The van der Waals surface area contributed by atoms with Gasteiger partial charge in [0.15, 0.2) is 5.69 Å². The second-order valence-corrected chi connectivity index (χ2v) is 3.50. The van der Waals surface area contributed by atoms with E-state index in [1.165, 1.54) is 0 Å². The van der Waals surface area contributed by atoms with Crippen molar-refractivity contribution in [1.82, 2.24) is 5.16 Å². The van der Waals surface area contributed by atoms with Crippen LogP contribution in [0.5, 0.6) is 5.75 Å². The number of carbonyl (C=O) groups is 1. The third kappa shape index (κ3) is 1.99. The number of benzene rings is 1. The first-order valence-electron chi connectivity index (χ1n) is 4.97. The van der Waals surface area contributed by atoms with E-state index in [-0.39, 0.29) is 5.69 Å². The van der Waals surface area contributed by atoms with Crippen LogP contribution in [-0.2, 0) is 0 Å². The number of aryl methyl sites for hydroxylation is 1. The molecular weight excluding hydrogens is 222 g/mol. The zero-order valence-electron chi connectivity index (χ0n) is 9.43. The number of rotatable bonds is 3. The van der Waals surface area contributed by atoms with E-state index in [1.807, 2.05) is 0 Å². The van der Waals surface area contributed by atoms with E-state index in [9.17, 15) is 4.79 Å². The van der Waals surface area contributed by atoms with Crippen molar-refractivity contribution in [3.8, 4) is 16.9 Å². The number of hydrogen-bond donors (Lipinski definition) is 1. The quantitative estimate of drug-likeness (QED) is 0.880. The molecule has 0 unspecified atom stereocenters.